The quantitative estimate of drug-likeness (QED) is 0.641. The molecule has 0 saturated carbocycles. The molecule has 8 heteroatoms. The summed E-state index contributed by atoms with van der Waals surface area (Å²) in [5, 5.41) is 0. The van der Waals surface area contributed by atoms with E-state index in [9.17, 15) is 0 Å². The molecule has 0 spiro atoms. The molecular formula is C20H26O8. The fourth-order valence-electron chi connectivity index (χ4n) is 3.13. The summed E-state index contributed by atoms with van der Waals surface area (Å²) in [7, 11) is 12.2. The zero-order valence-electron chi connectivity index (χ0n) is 17.4. The minimum atomic E-state index is 0.349. The maximum Gasteiger partial charge on any atom is 0.211 e. The summed E-state index contributed by atoms with van der Waals surface area (Å²) in [6.07, 6.45) is 0. The highest BCUT2D eigenvalue weighted by Crippen LogP contribution is 2.59. The van der Waals surface area contributed by atoms with Crippen LogP contribution < -0.4 is 37.9 Å². The van der Waals surface area contributed by atoms with Crippen LogP contribution in [0.2, 0.25) is 0 Å². The van der Waals surface area contributed by atoms with E-state index in [4.69, 9.17) is 37.9 Å². The van der Waals surface area contributed by atoms with E-state index in [-0.39, 0.29) is 0 Å². The van der Waals surface area contributed by atoms with Gasteiger partial charge in [0, 0.05) is 5.56 Å². The Hall–Kier alpha value is -3.16. The third-order valence-electron chi connectivity index (χ3n) is 4.27. The molecule has 0 aromatic heterocycles. The fraction of sp³-hybridized carbons (Fsp3) is 0.400. The highest BCUT2D eigenvalue weighted by molar-refractivity contribution is 5.90. The average molecular weight is 394 g/mol. The molecular weight excluding hydrogens is 368 g/mol. The Kier molecular flexibility index (Phi) is 6.92. The van der Waals surface area contributed by atoms with Gasteiger partial charge in [-0.2, -0.15) is 0 Å². The first-order valence-corrected chi connectivity index (χ1v) is 8.31. The summed E-state index contributed by atoms with van der Waals surface area (Å²) in [6.45, 7) is 0. The minimum absolute atomic E-state index is 0.349. The van der Waals surface area contributed by atoms with E-state index in [1.165, 1.54) is 49.8 Å². The second kappa shape index (κ2) is 9.16. The standard InChI is InChI=1S/C20H26O8/c1-21-12-10-9-11(14(22-2)15(12)23-3)13-16(24-4)18(26-6)20(28-8)19(27-7)17(13)25-5/h9-10H,1-8H3. The van der Waals surface area contributed by atoms with Crippen LogP contribution in [0.25, 0.3) is 11.1 Å². The van der Waals surface area contributed by atoms with Gasteiger partial charge in [-0.15, -0.1) is 0 Å². The molecule has 154 valence electrons. The van der Waals surface area contributed by atoms with E-state index in [2.05, 4.69) is 0 Å². The molecule has 0 saturated heterocycles. The van der Waals surface area contributed by atoms with Gasteiger partial charge in [-0.3, -0.25) is 0 Å². The van der Waals surface area contributed by atoms with Crippen molar-refractivity contribution < 1.29 is 37.9 Å². The van der Waals surface area contributed by atoms with E-state index in [1.54, 1.807) is 13.2 Å². The molecule has 2 aromatic rings. The van der Waals surface area contributed by atoms with Crippen LogP contribution in [0.1, 0.15) is 0 Å². The van der Waals surface area contributed by atoms with Crippen molar-refractivity contribution in [3.63, 3.8) is 0 Å². The van der Waals surface area contributed by atoms with Crippen molar-refractivity contribution in [3.05, 3.63) is 12.1 Å². The van der Waals surface area contributed by atoms with Gasteiger partial charge in [-0.25, -0.2) is 0 Å². The summed E-state index contributed by atoms with van der Waals surface area (Å²) < 4.78 is 44.4. The Morgan fingerprint density at radius 3 is 1.14 bits per heavy atom. The summed E-state index contributed by atoms with van der Waals surface area (Å²) in [5.41, 5.74) is 1.19. The normalized spacial score (nSPS) is 10.1. The molecule has 0 radical (unpaired) electrons. The first kappa shape index (κ1) is 21.1. The number of hydrogen-bond acceptors (Lipinski definition) is 8. The van der Waals surface area contributed by atoms with E-state index in [1.807, 2.05) is 6.07 Å². The SMILES string of the molecule is COc1ccc(-c2c(OC)c(OC)c(OC)c(OC)c2OC)c(OC)c1OC. The number of methoxy groups -OCH3 is 8. The molecule has 0 aliphatic heterocycles. The van der Waals surface area contributed by atoms with Gasteiger partial charge in [-0.05, 0) is 12.1 Å². The smallest absolute Gasteiger partial charge is 0.211 e. The summed E-state index contributed by atoms with van der Waals surface area (Å²) in [4.78, 5) is 0. The Morgan fingerprint density at radius 2 is 0.786 bits per heavy atom. The third kappa shape index (κ3) is 3.26. The first-order chi connectivity index (χ1) is 13.6. The highest BCUT2D eigenvalue weighted by Gasteiger charge is 2.32. The van der Waals surface area contributed by atoms with Crippen LogP contribution in [-0.2, 0) is 0 Å². The molecule has 0 aliphatic rings. The van der Waals surface area contributed by atoms with E-state index in [0.29, 0.717) is 57.1 Å². The van der Waals surface area contributed by atoms with Crippen molar-refractivity contribution >= 4 is 0 Å². The average Bonchev–Trinajstić information content (AvgIpc) is 2.75. The Balaban J connectivity index is 3.04. The van der Waals surface area contributed by atoms with E-state index in [0.717, 1.165) is 0 Å². The third-order valence-corrected chi connectivity index (χ3v) is 4.27. The van der Waals surface area contributed by atoms with E-state index >= 15 is 0 Å². The van der Waals surface area contributed by atoms with Gasteiger partial charge in [0.25, 0.3) is 0 Å². The number of rotatable bonds is 9. The van der Waals surface area contributed by atoms with E-state index < -0.39 is 0 Å². The fourth-order valence-corrected chi connectivity index (χ4v) is 3.13. The predicted octanol–water partition coefficient (Wildman–Crippen LogP) is 3.42. The van der Waals surface area contributed by atoms with Crippen LogP contribution in [-0.4, -0.2) is 56.9 Å². The van der Waals surface area contributed by atoms with Crippen LogP contribution in [0.4, 0.5) is 0 Å². The molecule has 0 amide bonds. The van der Waals surface area contributed by atoms with Gasteiger partial charge in [-0.1, -0.05) is 0 Å². The number of ether oxygens (including phenoxy) is 8. The molecule has 2 aromatic carbocycles. The van der Waals surface area contributed by atoms with Gasteiger partial charge in [0.2, 0.25) is 23.0 Å². The van der Waals surface area contributed by atoms with Crippen LogP contribution in [0.5, 0.6) is 46.0 Å². The van der Waals surface area contributed by atoms with Crippen LogP contribution in [0.15, 0.2) is 12.1 Å². The second-order valence-electron chi connectivity index (χ2n) is 5.42. The summed E-state index contributed by atoms with van der Waals surface area (Å²) in [6, 6.07) is 3.57. The van der Waals surface area contributed by atoms with Gasteiger partial charge < -0.3 is 37.9 Å². The molecule has 0 unspecified atom stereocenters. The number of hydrogen-bond donors (Lipinski definition) is 0. The Bertz CT molecular complexity index is 799. The monoisotopic (exact) mass is 394 g/mol. The summed E-state index contributed by atoms with van der Waals surface area (Å²) >= 11 is 0. The zero-order chi connectivity index (χ0) is 20.8. The Labute approximate surface area is 164 Å². The zero-order valence-corrected chi connectivity index (χ0v) is 17.4. The van der Waals surface area contributed by atoms with Crippen LogP contribution >= 0.6 is 0 Å². The maximum atomic E-state index is 5.67. The van der Waals surface area contributed by atoms with Crippen LogP contribution in [0.3, 0.4) is 0 Å². The largest absolute Gasteiger partial charge is 0.493 e. The molecule has 0 N–H and O–H groups in total. The molecule has 8 nitrogen and oxygen atoms in total. The van der Waals surface area contributed by atoms with Crippen molar-refractivity contribution in [2.75, 3.05) is 56.9 Å². The molecule has 0 heterocycles. The predicted molar refractivity (Wildman–Crippen MR) is 104 cm³/mol. The highest BCUT2D eigenvalue weighted by atomic mass is 16.6. The van der Waals surface area contributed by atoms with Gasteiger partial charge >= 0.3 is 0 Å². The molecule has 28 heavy (non-hydrogen) atoms. The molecule has 0 atom stereocenters. The first-order valence-electron chi connectivity index (χ1n) is 8.31. The second-order valence-corrected chi connectivity index (χ2v) is 5.42. The lowest BCUT2D eigenvalue weighted by atomic mass is 9.99. The van der Waals surface area contributed by atoms with Gasteiger partial charge in [0.1, 0.15) is 0 Å². The molecule has 0 bridgehead atoms. The summed E-state index contributed by atoms with van der Waals surface area (Å²) in [5.74, 6) is 3.23. The van der Waals surface area contributed by atoms with Crippen molar-refractivity contribution in [3.8, 4) is 57.1 Å². The molecule has 2 rings (SSSR count). The minimum Gasteiger partial charge on any atom is -0.493 e. The van der Waals surface area contributed by atoms with Crippen molar-refractivity contribution in [2.45, 2.75) is 0 Å². The van der Waals surface area contributed by atoms with Crippen molar-refractivity contribution in [2.24, 2.45) is 0 Å². The topological polar surface area (TPSA) is 73.8 Å². The lowest BCUT2D eigenvalue weighted by Gasteiger charge is -2.24. The van der Waals surface area contributed by atoms with Crippen molar-refractivity contribution in [1.29, 1.82) is 0 Å². The van der Waals surface area contributed by atoms with Gasteiger partial charge in [0.05, 0.1) is 62.4 Å². The molecule has 0 fully saturated rings. The lowest BCUT2D eigenvalue weighted by Crippen LogP contribution is -2.04. The lowest BCUT2D eigenvalue weighted by molar-refractivity contribution is 0.291. The Morgan fingerprint density at radius 1 is 0.393 bits per heavy atom. The molecule has 0 aliphatic carbocycles. The van der Waals surface area contributed by atoms with Crippen LogP contribution in [0, 0.1) is 0 Å². The maximum absolute atomic E-state index is 5.67. The van der Waals surface area contributed by atoms with Crippen molar-refractivity contribution in [1.82, 2.24) is 0 Å². The van der Waals surface area contributed by atoms with Gasteiger partial charge in [0.15, 0.2) is 23.0 Å². The number of benzene rings is 2.